The van der Waals surface area contributed by atoms with Crippen molar-refractivity contribution in [1.82, 2.24) is 13.9 Å². The summed E-state index contributed by atoms with van der Waals surface area (Å²) < 4.78 is 33.4. The van der Waals surface area contributed by atoms with Crippen LogP contribution < -0.4 is 0 Å². The Morgan fingerprint density at radius 2 is 1.93 bits per heavy atom. The summed E-state index contributed by atoms with van der Waals surface area (Å²) in [5, 5.41) is 6.89. The van der Waals surface area contributed by atoms with E-state index in [-0.39, 0.29) is 24.2 Å². The summed E-state index contributed by atoms with van der Waals surface area (Å²) in [5.41, 5.74) is 2.21. The lowest BCUT2D eigenvalue weighted by Crippen LogP contribution is -2.32. The molecule has 9 heteroatoms. The fraction of sp³-hybridized carbons (Fsp3) is 0.444. The summed E-state index contributed by atoms with van der Waals surface area (Å²) in [5.74, 6) is 0.837. The van der Waals surface area contributed by atoms with E-state index in [1.54, 1.807) is 20.3 Å². The van der Waals surface area contributed by atoms with Crippen molar-refractivity contribution >= 4 is 16.5 Å². The molecule has 1 N–H and O–H groups in total. The van der Waals surface area contributed by atoms with Crippen molar-refractivity contribution in [3.63, 3.8) is 0 Å². The van der Waals surface area contributed by atoms with Crippen LogP contribution in [0.25, 0.3) is 11.4 Å². The topological polar surface area (TPSA) is 102 Å². The summed E-state index contributed by atoms with van der Waals surface area (Å²) in [6.45, 7) is 2.75. The summed E-state index contributed by atoms with van der Waals surface area (Å²) in [4.78, 5) is 12.8. The molecular formula is C18H25N3O5S. The first kappa shape index (κ1) is 21.1. The van der Waals surface area contributed by atoms with Crippen LogP contribution in [0.5, 0.6) is 0 Å². The fourth-order valence-corrected chi connectivity index (χ4v) is 4.14. The van der Waals surface area contributed by atoms with Crippen molar-refractivity contribution in [3.8, 4) is 11.4 Å². The Morgan fingerprint density at radius 1 is 1.30 bits per heavy atom. The number of carboxylic acid groups (broad SMARTS) is 1. The van der Waals surface area contributed by atoms with E-state index in [1.807, 2.05) is 42.0 Å². The molecule has 0 bridgehead atoms. The van der Waals surface area contributed by atoms with Gasteiger partial charge in [-0.15, -0.1) is 0 Å². The van der Waals surface area contributed by atoms with Crippen molar-refractivity contribution in [1.29, 1.82) is 0 Å². The summed E-state index contributed by atoms with van der Waals surface area (Å²) in [6.07, 6.45) is 3.66. The number of carbonyl (C=O) groups is 1. The zero-order valence-corrected chi connectivity index (χ0v) is 16.5. The van der Waals surface area contributed by atoms with Crippen LogP contribution in [0.1, 0.15) is 11.6 Å². The average molecular weight is 395 g/mol. The van der Waals surface area contributed by atoms with Crippen LogP contribution in [0, 0.1) is 12.8 Å². The summed E-state index contributed by atoms with van der Waals surface area (Å²) in [6, 6.07) is 8.14. The molecule has 3 rings (SSSR count). The smallest absolute Gasteiger partial charge is 0.290 e. The molecule has 1 aliphatic rings. The van der Waals surface area contributed by atoms with E-state index in [0.29, 0.717) is 13.2 Å². The number of nitrogens with zero attached hydrogens (tertiary/aromatic N) is 3. The number of imidazole rings is 1. The van der Waals surface area contributed by atoms with Gasteiger partial charge in [0, 0.05) is 38.0 Å². The van der Waals surface area contributed by atoms with Gasteiger partial charge in [-0.25, -0.2) is 17.7 Å². The maximum Gasteiger partial charge on any atom is 0.290 e. The quantitative estimate of drug-likeness (QED) is 0.772. The molecule has 27 heavy (non-hydrogen) atoms. The summed E-state index contributed by atoms with van der Waals surface area (Å²) >= 11 is 0. The Kier molecular flexibility index (Phi) is 7.11. The number of aryl methyl sites for hydroxylation is 1. The van der Waals surface area contributed by atoms with Gasteiger partial charge in [-0.1, -0.05) is 29.8 Å². The second-order valence-electron chi connectivity index (χ2n) is 6.56. The molecule has 2 atom stereocenters. The Bertz CT molecular complexity index is 846. The molecule has 1 aromatic carbocycles. The number of hydrogen-bond donors (Lipinski definition) is 1. The van der Waals surface area contributed by atoms with Gasteiger partial charge < -0.3 is 14.4 Å². The molecule has 0 aliphatic carbocycles. The molecular weight excluding hydrogens is 370 g/mol. The standard InChI is InChI=1S/C17H23N3O3S.CH2O2/c1-13-4-6-14(7-5-13)17-18-8-9-20(17)16-11-23-10-15(16)12-24(21,22)19(2)3;2-1-3/h4-9,15-16H,10-12H2,1-3H3;1H,(H,2,3)/t15-,16+;/m0./s1. The minimum absolute atomic E-state index is 0.0291. The number of hydrogen-bond acceptors (Lipinski definition) is 5. The van der Waals surface area contributed by atoms with Crippen molar-refractivity contribution in [2.75, 3.05) is 33.1 Å². The lowest BCUT2D eigenvalue weighted by atomic mass is 10.1. The average Bonchev–Trinajstić information content (AvgIpc) is 3.24. The van der Waals surface area contributed by atoms with E-state index >= 15 is 0 Å². The van der Waals surface area contributed by atoms with Crippen molar-refractivity contribution in [2.24, 2.45) is 5.92 Å². The largest absolute Gasteiger partial charge is 0.483 e. The van der Waals surface area contributed by atoms with Crippen molar-refractivity contribution in [2.45, 2.75) is 13.0 Å². The highest BCUT2D eigenvalue weighted by Gasteiger charge is 2.35. The predicted molar refractivity (Wildman–Crippen MR) is 102 cm³/mol. The maximum atomic E-state index is 12.2. The highest BCUT2D eigenvalue weighted by molar-refractivity contribution is 7.89. The zero-order valence-electron chi connectivity index (χ0n) is 15.6. The number of rotatable bonds is 5. The predicted octanol–water partition coefficient (Wildman–Crippen LogP) is 1.64. The van der Waals surface area contributed by atoms with Gasteiger partial charge in [0.1, 0.15) is 5.82 Å². The number of sulfonamides is 1. The molecule has 0 radical (unpaired) electrons. The minimum atomic E-state index is -3.27. The molecule has 0 unspecified atom stereocenters. The molecule has 0 amide bonds. The third-order valence-corrected chi connectivity index (χ3v) is 6.44. The molecule has 2 aromatic rings. The number of benzene rings is 1. The lowest BCUT2D eigenvalue weighted by molar-refractivity contribution is -0.122. The fourth-order valence-electron chi connectivity index (χ4n) is 2.98. The minimum Gasteiger partial charge on any atom is -0.483 e. The Hall–Kier alpha value is -2.23. The molecule has 148 valence electrons. The highest BCUT2D eigenvalue weighted by Crippen LogP contribution is 2.31. The normalized spacial score (nSPS) is 19.6. The van der Waals surface area contributed by atoms with E-state index in [0.717, 1.165) is 11.4 Å². The Morgan fingerprint density at radius 3 is 2.52 bits per heavy atom. The van der Waals surface area contributed by atoms with Crippen LogP contribution in [-0.2, 0) is 19.6 Å². The van der Waals surface area contributed by atoms with Gasteiger partial charge in [0.15, 0.2) is 0 Å². The molecule has 1 aromatic heterocycles. The maximum absolute atomic E-state index is 12.2. The second-order valence-corrected chi connectivity index (χ2v) is 8.78. The molecule has 1 aliphatic heterocycles. The van der Waals surface area contributed by atoms with E-state index in [4.69, 9.17) is 14.6 Å². The summed E-state index contributed by atoms with van der Waals surface area (Å²) in [7, 11) is -0.140. The van der Waals surface area contributed by atoms with Gasteiger partial charge >= 0.3 is 0 Å². The molecule has 8 nitrogen and oxygen atoms in total. The third kappa shape index (κ3) is 5.15. The van der Waals surface area contributed by atoms with Crippen LogP contribution in [0.15, 0.2) is 36.7 Å². The second kappa shape index (κ2) is 9.12. The van der Waals surface area contributed by atoms with Gasteiger partial charge in [0.05, 0.1) is 25.0 Å². The molecule has 1 fully saturated rings. The van der Waals surface area contributed by atoms with Gasteiger partial charge in [0.25, 0.3) is 6.47 Å². The molecule has 0 spiro atoms. The molecule has 1 saturated heterocycles. The van der Waals surface area contributed by atoms with Gasteiger partial charge in [0.2, 0.25) is 10.0 Å². The first-order chi connectivity index (χ1) is 12.8. The van der Waals surface area contributed by atoms with Gasteiger partial charge in [-0.3, -0.25) is 4.79 Å². The highest BCUT2D eigenvalue weighted by atomic mass is 32.2. The van der Waals surface area contributed by atoms with Gasteiger partial charge in [-0.2, -0.15) is 0 Å². The van der Waals surface area contributed by atoms with Gasteiger partial charge in [-0.05, 0) is 6.92 Å². The van der Waals surface area contributed by atoms with Crippen LogP contribution in [-0.4, -0.2) is 66.9 Å². The van der Waals surface area contributed by atoms with Crippen LogP contribution in [0.2, 0.25) is 0 Å². The third-order valence-electron chi connectivity index (χ3n) is 4.48. The Balaban J connectivity index is 0.000000817. The zero-order chi connectivity index (χ0) is 20.0. The van der Waals surface area contributed by atoms with Crippen LogP contribution in [0.3, 0.4) is 0 Å². The molecule has 2 heterocycles. The van der Waals surface area contributed by atoms with Crippen molar-refractivity contribution in [3.05, 3.63) is 42.2 Å². The van der Waals surface area contributed by atoms with E-state index in [1.165, 1.54) is 9.87 Å². The van der Waals surface area contributed by atoms with Crippen molar-refractivity contribution < 1.29 is 23.1 Å². The first-order valence-electron chi connectivity index (χ1n) is 8.45. The van der Waals surface area contributed by atoms with Crippen LogP contribution in [0.4, 0.5) is 0 Å². The SMILES string of the molecule is Cc1ccc(-c2nccn2[C@@H]2COC[C@H]2CS(=O)(=O)N(C)C)cc1.O=CO. The number of ether oxygens (including phenoxy) is 1. The number of aromatic nitrogens is 2. The Labute approximate surface area is 159 Å². The first-order valence-corrected chi connectivity index (χ1v) is 10.1. The lowest BCUT2D eigenvalue weighted by Gasteiger charge is -2.22. The monoisotopic (exact) mass is 395 g/mol. The van der Waals surface area contributed by atoms with Crippen LogP contribution >= 0.6 is 0 Å². The van der Waals surface area contributed by atoms with E-state index < -0.39 is 10.0 Å². The molecule has 0 saturated carbocycles. The van der Waals surface area contributed by atoms with E-state index in [9.17, 15) is 8.42 Å². The van der Waals surface area contributed by atoms with E-state index in [2.05, 4.69) is 4.98 Å².